The van der Waals surface area contributed by atoms with Gasteiger partial charge in [-0.2, -0.15) is 0 Å². The van der Waals surface area contributed by atoms with Crippen molar-refractivity contribution in [3.05, 3.63) is 94.6 Å². The van der Waals surface area contributed by atoms with Crippen molar-refractivity contribution in [1.82, 2.24) is 9.97 Å². The highest BCUT2D eigenvalue weighted by Crippen LogP contribution is 2.41. The molecule has 5 rings (SSSR count). The number of thiophene rings is 1. The van der Waals surface area contributed by atoms with Gasteiger partial charge in [0.15, 0.2) is 0 Å². The molecule has 3 heterocycles. The van der Waals surface area contributed by atoms with Gasteiger partial charge in [-0.3, -0.25) is 9.78 Å². The Hall–Kier alpha value is -3.77. The molecule has 0 radical (unpaired) electrons. The van der Waals surface area contributed by atoms with Gasteiger partial charge >= 0.3 is 0 Å². The zero-order chi connectivity index (χ0) is 20.7. The zero-order valence-corrected chi connectivity index (χ0v) is 16.4. The Morgan fingerprint density at radius 1 is 0.933 bits per heavy atom. The van der Waals surface area contributed by atoms with E-state index in [2.05, 4.69) is 9.97 Å². The molecule has 3 aromatic heterocycles. The minimum absolute atomic E-state index is 0.0628. The van der Waals surface area contributed by atoms with E-state index in [1.54, 1.807) is 30.6 Å². The predicted octanol–water partition coefficient (Wildman–Crippen LogP) is 5.83. The molecule has 146 valence electrons. The van der Waals surface area contributed by atoms with Gasteiger partial charge in [-0.1, -0.05) is 42.5 Å². The topological polar surface area (TPSA) is 66.0 Å². The molecule has 0 aliphatic heterocycles. The minimum Gasteiger partial charge on any atom is -0.506 e. The molecule has 0 aliphatic rings. The molecule has 30 heavy (non-hydrogen) atoms. The summed E-state index contributed by atoms with van der Waals surface area (Å²) < 4.78 is 13.5. The molecule has 0 amide bonds. The first-order valence-corrected chi connectivity index (χ1v) is 10.1. The van der Waals surface area contributed by atoms with Crippen molar-refractivity contribution in [1.29, 1.82) is 0 Å². The monoisotopic (exact) mass is 414 g/mol. The maximum Gasteiger partial charge on any atom is 0.260 e. The summed E-state index contributed by atoms with van der Waals surface area (Å²) in [6, 6.07) is 17.6. The fraction of sp³-hybridized carbons (Fsp3) is 0. The third-order valence-corrected chi connectivity index (χ3v) is 5.92. The summed E-state index contributed by atoms with van der Waals surface area (Å²) >= 11 is 1.36. The third kappa shape index (κ3) is 3.07. The molecule has 4 nitrogen and oxygen atoms in total. The lowest BCUT2D eigenvalue weighted by Crippen LogP contribution is -2.08. The fourth-order valence-electron chi connectivity index (χ4n) is 3.58. The van der Waals surface area contributed by atoms with E-state index in [0.29, 0.717) is 15.8 Å². The second-order valence-electron chi connectivity index (χ2n) is 6.86. The van der Waals surface area contributed by atoms with E-state index in [1.807, 2.05) is 35.7 Å². The van der Waals surface area contributed by atoms with Crippen LogP contribution in [0.3, 0.4) is 0 Å². The summed E-state index contributed by atoms with van der Waals surface area (Å²) in [7, 11) is 0. The van der Waals surface area contributed by atoms with E-state index in [-0.39, 0.29) is 22.7 Å². The molecular formula is C24H15FN2O2S. The van der Waals surface area contributed by atoms with Gasteiger partial charge in [0.25, 0.3) is 5.56 Å². The molecule has 0 aliphatic carbocycles. The van der Waals surface area contributed by atoms with Crippen LogP contribution in [0, 0.1) is 5.82 Å². The predicted molar refractivity (Wildman–Crippen MR) is 118 cm³/mol. The Morgan fingerprint density at radius 3 is 2.43 bits per heavy atom. The minimum atomic E-state index is -0.358. The molecule has 0 bridgehead atoms. The van der Waals surface area contributed by atoms with Crippen molar-refractivity contribution in [3.8, 4) is 39.1 Å². The number of nitrogens with one attached hydrogen (secondary N) is 1. The smallest absolute Gasteiger partial charge is 0.260 e. The van der Waals surface area contributed by atoms with Gasteiger partial charge < -0.3 is 10.1 Å². The van der Waals surface area contributed by atoms with Gasteiger partial charge in [-0.15, -0.1) is 11.3 Å². The number of aromatic nitrogens is 2. The van der Waals surface area contributed by atoms with Crippen LogP contribution in [-0.2, 0) is 0 Å². The summed E-state index contributed by atoms with van der Waals surface area (Å²) in [6.45, 7) is 0. The van der Waals surface area contributed by atoms with Crippen molar-refractivity contribution in [3.63, 3.8) is 0 Å². The Kier molecular flexibility index (Phi) is 4.41. The van der Waals surface area contributed by atoms with E-state index in [0.717, 1.165) is 22.3 Å². The summed E-state index contributed by atoms with van der Waals surface area (Å²) in [5.74, 6) is -0.343. The maximum absolute atomic E-state index is 13.5. The van der Waals surface area contributed by atoms with Crippen molar-refractivity contribution < 1.29 is 9.50 Å². The van der Waals surface area contributed by atoms with Crippen LogP contribution >= 0.6 is 11.3 Å². The van der Waals surface area contributed by atoms with Crippen LogP contribution in [0.2, 0.25) is 0 Å². The number of halogens is 1. The van der Waals surface area contributed by atoms with Gasteiger partial charge in [0, 0.05) is 28.9 Å². The van der Waals surface area contributed by atoms with Gasteiger partial charge in [0.1, 0.15) is 16.4 Å². The summed E-state index contributed by atoms with van der Waals surface area (Å²) in [5.41, 5.74) is 3.79. The van der Waals surface area contributed by atoms with Crippen molar-refractivity contribution in [2.75, 3.05) is 0 Å². The van der Waals surface area contributed by atoms with Crippen LogP contribution in [0.15, 0.2) is 83.2 Å². The first kappa shape index (κ1) is 18.3. The Labute approximate surface area is 174 Å². The lowest BCUT2D eigenvalue weighted by Gasteiger charge is -2.08. The SMILES string of the molecule is O=c1[nH]c2scc(-c3ccc(-c4cccc(F)c4)cc3)c2c(O)c1-c1cccnc1. The molecule has 5 aromatic rings. The van der Waals surface area contributed by atoms with Crippen molar-refractivity contribution in [2.24, 2.45) is 0 Å². The largest absolute Gasteiger partial charge is 0.506 e. The van der Waals surface area contributed by atoms with E-state index >= 15 is 0 Å². The summed E-state index contributed by atoms with van der Waals surface area (Å²) in [6.07, 6.45) is 3.17. The highest BCUT2D eigenvalue weighted by molar-refractivity contribution is 7.17. The standard InChI is InChI=1S/C24H15FN2O2S/c25-18-5-1-3-16(11-18)14-6-8-15(9-7-14)19-13-30-24-21(19)22(28)20(23(29)27-24)17-4-2-10-26-12-17/h1-13H,(H2,27,28,29). The van der Waals surface area contributed by atoms with E-state index in [4.69, 9.17) is 0 Å². The van der Waals surface area contributed by atoms with E-state index in [9.17, 15) is 14.3 Å². The molecule has 2 N–H and O–H groups in total. The van der Waals surface area contributed by atoms with Gasteiger partial charge in [-0.25, -0.2) is 4.39 Å². The molecule has 0 saturated carbocycles. The number of aromatic amines is 1. The first-order chi connectivity index (χ1) is 14.6. The van der Waals surface area contributed by atoms with E-state index in [1.165, 1.54) is 23.5 Å². The molecule has 0 unspecified atom stereocenters. The van der Waals surface area contributed by atoms with Crippen molar-refractivity contribution >= 4 is 21.6 Å². The number of rotatable bonds is 3. The average molecular weight is 414 g/mol. The average Bonchev–Trinajstić information content (AvgIpc) is 3.19. The maximum atomic E-state index is 13.5. The van der Waals surface area contributed by atoms with Crippen LogP contribution in [0.25, 0.3) is 43.6 Å². The molecule has 0 fully saturated rings. The molecule has 0 spiro atoms. The molecule has 2 aromatic carbocycles. The first-order valence-electron chi connectivity index (χ1n) is 9.25. The number of H-pyrrole nitrogens is 1. The lowest BCUT2D eigenvalue weighted by molar-refractivity contribution is 0.483. The van der Waals surface area contributed by atoms with Crippen LogP contribution in [0.1, 0.15) is 0 Å². The Balaban J connectivity index is 1.64. The molecular weight excluding hydrogens is 399 g/mol. The highest BCUT2D eigenvalue weighted by Gasteiger charge is 2.19. The number of nitrogens with zero attached hydrogens (tertiary/aromatic N) is 1. The quantitative estimate of drug-likeness (QED) is 0.390. The van der Waals surface area contributed by atoms with Gasteiger partial charge in [0.05, 0.1) is 10.9 Å². The number of fused-ring (bicyclic) bond motifs is 1. The van der Waals surface area contributed by atoms with Crippen molar-refractivity contribution in [2.45, 2.75) is 0 Å². The molecule has 6 heteroatoms. The number of benzene rings is 2. The molecule has 0 atom stereocenters. The number of aromatic hydroxyl groups is 1. The highest BCUT2D eigenvalue weighted by atomic mass is 32.1. The Bertz CT molecular complexity index is 1420. The number of hydrogen-bond acceptors (Lipinski definition) is 4. The third-order valence-electron chi connectivity index (χ3n) is 5.02. The van der Waals surface area contributed by atoms with Gasteiger partial charge in [0.2, 0.25) is 0 Å². The number of hydrogen-bond donors (Lipinski definition) is 2. The fourth-order valence-corrected chi connectivity index (χ4v) is 4.55. The van der Waals surface area contributed by atoms with Crippen LogP contribution in [-0.4, -0.2) is 15.1 Å². The normalized spacial score (nSPS) is 11.1. The van der Waals surface area contributed by atoms with Crippen LogP contribution in [0.4, 0.5) is 4.39 Å². The second-order valence-corrected chi connectivity index (χ2v) is 7.74. The Morgan fingerprint density at radius 2 is 1.70 bits per heavy atom. The lowest BCUT2D eigenvalue weighted by atomic mass is 9.98. The van der Waals surface area contributed by atoms with Crippen LogP contribution < -0.4 is 5.56 Å². The summed E-state index contributed by atoms with van der Waals surface area (Å²) in [5, 5.41) is 13.5. The second kappa shape index (κ2) is 7.24. The van der Waals surface area contributed by atoms with Crippen LogP contribution in [0.5, 0.6) is 5.75 Å². The summed E-state index contributed by atoms with van der Waals surface area (Å²) in [4.78, 5) is 20.1. The zero-order valence-electron chi connectivity index (χ0n) is 15.6. The van der Waals surface area contributed by atoms with Gasteiger partial charge in [-0.05, 0) is 34.9 Å². The molecule has 0 saturated heterocycles. The van der Waals surface area contributed by atoms with E-state index < -0.39 is 0 Å². The number of pyridine rings is 2.